The average Bonchev–Trinajstić information content (AvgIpc) is 2.96. The maximum absolute atomic E-state index is 13.0. The highest BCUT2D eigenvalue weighted by molar-refractivity contribution is 7.13. The van der Waals surface area contributed by atoms with E-state index in [1.54, 1.807) is 24.0 Å². The molecule has 1 aliphatic heterocycles. The Morgan fingerprint density at radius 2 is 2.12 bits per heavy atom. The molecule has 1 saturated heterocycles. The van der Waals surface area contributed by atoms with Crippen LogP contribution in [0.15, 0.2) is 24.3 Å². The number of hydrogen-bond acceptors (Lipinski definition) is 5. The van der Waals surface area contributed by atoms with Crippen molar-refractivity contribution in [1.29, 1.82) is 0 Å². The summed E-state index contributed by atoms with van der Waals surface area (Å²) in [6.45, 7) is 2.80. The summed E-state index contributed by atoms with van der Waals surface area (Å²) in [7, 11) is 0. The van der Waals surface area contributed by atoms with E-state index in [9.17, 15) is 14.0 Å². The Hall–Kier alpha value is -2.32. The van der Waals surface area contributed by atoms with Gasteiger partial charge >= 0.3 is 5.97 Å². The number of hydrogen-bond donors (Lipinski definition) is 1. The predicted octanol–water partition coefficient (Wildman–Crippen LogP) is 2.50. The van der Waals surface area contributed by atoms with E-state index < -0.39 is 12.1 Å². The molecule has 1 aliphatic rings. The number of amides is 1. The number of aromatic nitrogens is 1. The molecule has 0 spiro atoms. The van der Waals surface area contributed by atoms with Crippen molar-refractivity contribution in [2.75, 3.05) is 19.7 Å². The summed E-state index contributed by atoms with van der Waals surface area (Å²) in [5, 5.41) is 9.68. The standard InChI is InChI=1S/C18H19FN2O4S/c1-11-17(18(24)21-6-7-25-14(10-21)9-16(22)23)26-15(20-11)8-12-2-4-13(19)5-3-12/h2-5,14H,6-10H2,1H3,(H,22,23). The number of morpholine rings is 1. The third-order valence-corrected chi connectivity index (χ3v) is 5.28. The van der Waals surface area contributed by atoms with Gasteiger partial charge in [-0.05, 0) is 24.6 Å². The third-order valence-electron chi connectivity index (χ3n) is 4.13. The zero-order valence-corrected chi connectivity index (χ0v) is 15.1. The molecular formula is C18H19FN2O4S. The number of aryl methyl sites for hydroxylation is 1. The molecule has 3 rings (SSSR count). The van der Waals surface area contributed by atoms with E-state index in [4.69, 9.17) is 9.84 Å². The normalized spacial score (nSPS) is 17.3. The first-order valence-corrected chi connectivity index (χ1v) is 9.07. The minimum absolute atomic E-state index is 0.124. The minimum Gasteiger partial charge on any atom is -0.481 e. The van der Waals surface area contributed by atoms with Crippen LogP contribution in [-0.4, -0.2) is 52.7 Å². The molecule has 138 valence electrons. The summed E-state index contributed by atoms with van der Waals surface area (Å²) in [6, 6.07) is 6.20. The van der Waals surface area contributed by atoms with E-state index in [1.807, 2.05) is 0 Å². The zero-order valence-electron chi connectivity index (χ0n) is 14.3. The second-order valence-corrected chi connectivity index (χ2v) is 7.25. The first-order chi connectivity index (χ1) is 12.4. The maximum Gasteiger partial charge on any atom is 0.306 e. The lowest BCUT2D eigenvalue weighted by Crippen LogP contribution is -2.46. The molecule has 1 unspecified atom stereocenters. The Balaban J connectivity index is 1.70. The first-order valence-electron chi connectivity index (χ1n) is 8.26. The smallest absolute Gasteiger partial charge is 0.306 e. The van der Waals surface area contributed by atoms with Crippen LogP contribution in [0.25, 0.3) is 0 Å². The molecule has 1 atom stereocenters. The van der Waals surface area contributed by atoms with Crippen LogP contribution in [0, 0.1) is 12.7 Å². The molecule has 26 heavy (non-hydrogen) atoms. The topological polar surface area (TPSA) is 79.7 Å². The lowest BCUT2D eigenvalue weighted by molar-refractivity contribution is -0.141. The monoisotopic (exact) mass is 378 g/mol. The molecule has 6 nitrogen and oxygen atoms in total. The number of nitrogens with zero attached hydrogens (tertiary/aromatic N) is 2. The summed E-state index contributed by atoms with van der Waals surface area (Å²) in [5.74, 6) is -1.38. The largest absolute Gasteiger partial charge is 0.481 e. The van der Waals surface area contributed by atoms with Crippen LogP contribution in [0.1, 0.15) is 32.4 Å². The minimum atomic E-state index is -0.945. The molecule has 0 radical (unpaired) electrons. The molecule has 1 fully saturated rings. The van der Waals surface area contributed by atoms with Gasteiger partial charge in [0.05, 0.1) is 29.8 Å². The number of carbonyl (C=O) groups is 2. The van der Waals surface area contributed by atoms with E-state index in [0.717, 1.165) is 10.6 Å². The summed E-state index contributed by atoms with van der Waals surface area (Å²) >= 11 is 1.32. The summed E-state index contributed by atoms with van der Waals surface area (Å²) < 4.78 is 18.4. The second-order valence-electron chi connectivity index (χ2n) is 6.17. The molecule has 1 amide bonds. The van der Waals surface area contributed by atoms with Crippen molar-refractivity contribution < 1.29 is 23.8 Å². The van der Waals surface area contributed by atoms with Gasteiger partial charge in [-0.3, -0.25) is 9.59 Å². The van der Waals surface area contributed by atoms with Crippen molar-refractivity contribution >= 4 is 23.2 Å². The van der Waals surface area contributed by atoms with Gasteiger partial charge in [-0.25, -0.2) is 9.37 Å². The molecule has 0 saturated carbocycles. The molecule has 0 aliphatic carbocycles. The highest BCUT2D eigenvalue weighted by atomic mass is 32.1. The number of thiazole rings is 1. The third kappa shape index (κ3) is 4.44. The van der Waals surface area contributed by atoms with Crippen molar-refractivity contribution in [3.8, 4) is 0 Å². The van der Waals surface area contributed by atoms with Crippen LogP contribution in [-0.2, 0) is 16.0 Å². The van der Waals surface area contributed by atoms with E-state index in [2.05, 4.69) is 4.98 Å². The SMILES string of the molecule is Cc1nc(Cc2ccc(F)cc2)sc1C(=O)N1CCOC(CC(=O)O)C1. The van der Waals surface area contributed by atoms with E-state index in [0.29, 0.717) is 30.1 Å². The Bertz CT molecular complexity index is 806. The summed E-state index contributed by atoms with van der Waals surface area (Å²) in [6.07, 6.45) is -0.0810. The molecule has 1 aromatic carbocycles. The van der Waals surface area contributed by atoms with Crippen LogP contribution in [0.5, 0.6) is 0 Å². The van der Waals surface area contributed by atoms with Gasteiger partial charge in [0, 0.05) is 19.5 Å². The molecule has 1 aromatic heterocycles. The highest BCUT2D eigenvalue weighted by Crippen LogP contribution is 2.24. The van der Waals surface area contributed by atoms with Crippen LogP contribution < -0.4 is 0 Å². The van der Waals surface area contributed by atoms with Crippen LogP contribution in [0.2, 0.25) is 0 Å². The van der Waals surface area contributed by atoms with Crippen LogP contribution >= 0.6 is 11.3 Å². The van der Waals surface area contributed by atoms with E-state index >= 15 is 0 Å². The van der Waals surface area contributed by atoms with Gasteiger partial charge < -0.3 is 14.7 Å². The van der Waals surface area contributed by atoms with Crippen LogP contribution in [0.4, 0.5) is 4.39 Å². The van der Waals surface area contributed by atoms with Gasteiger partial charge in [-0.15, -0.1) is 11.3 Å². The van der Waals surface area contributed by atoms with Crippen LogP contribution in [0.3, 0.4) is 0 Å². The number of carboxylic acid groups (broad SMARTS) is 1. The Morgan fingerprint density at radius 3 is 2.81 bits per heavy atom. The number of rotatable bonds is 5. The van der Waals surface area contributed by atoms with Gasteiger partial charge in [0.15, 0.2) is 0 Å². The molecule has 0 bridgehead atoms. The molecule has 2 heterocycles. The summed E-state index contributed by atoms with van der Waals surface area (Å²) in [5.41, 5.74) is 1.57. The van der Waals surface area contributed by atoms with Gasteiger partial charge in [0.25, 0.3) is 5.91 Å². The fourth-order valence-corrected chi connectivity index (χ4v) is 3.94. The number of halogens is 1. The average molecular weight is 378 g/mol. The molecule has 8 heteroatoms. The number of ether oxygens (including phenoxy) is 1. The predicted molar refractivity (Wildman–Crippen MR) is 94.0 cm³/mol. The molecule has 2 aromatic rings. The lowest BCUT2D eigenvalue weighted by atomic mass is 10.1. The van der Waals surface area contributed by atoms with Crippen molar-refractivity contribution in [2.45, 2.75) is 25.9 Å². The van der Waals surface area contributed by atoms with Crippen molar-refractivity contribution in [2.24, 2.45) is 0 Å². The fraction of sp³-hybridized carbons (Fsp3) is 0.389. The lowest BCUT2D eigenvalue weighted by Gasteiger charge is -2.32. The number of carbonyl (C=O) groups excluding carboxylic acids is 1. The molecule has 1 N–H and O–H groups in total. The zero-order chi connectivity index (χ0) is 18.7. The van der Waals surface area contributed by atoms with Gasteiger partial charge in [-0.1, -0.05) is 12.1 Å². The van der Waals surface area contributed by atoms with Gasteiger partial charge in [0.2, 0.25) is 0 Å². The second kappa shape index (κ2) is 7.92. The Morgan fingerprint density at radius 1 is 1.38 bits per heavy atom. The Kier molecular flexibility index (Phi) is 5.63. The van der Waals surface area contributed by atoms with Crippen molar-refractivity contribution in [3.63, 3.8) is 0 Å². The highest BCUT2D eigenvalue weighted by Gasteiger charge is 2.28. The van der Waals surface area contributed by atoms with E-state index in [-0.39, 0.29) is 24.7 Å². The maximum atomic E-state index is 13.0. The van der Waals surface area contributed by atoms with Crippen molar-refractivity contribution in [1.82, 2.24) is 9.88 Å². The molecular weight excluding hydrogens is 359 g/mol. The number of aliphatic carboxylic acids is 1. The number of carboxylic acids is 1. The first kappa shape index (κ1) is 18.5. The van der Waals surface area contributed by atoms with Gasteiger partial charge in [-0.2, -0.15) is 0 Å². The number of benzene rings is 1. The quantitative estimate of drug-likeness (QED) is 0.865. The summed E-state index contributed by atoms with van der Waals surface area (Å²) in [4.78, 5) is 30.3. The van der Waals surface area contributed by atoms with Gasteiger partial charge in [0.1, 0.15) is 10.7 Å². The Labute approximate surface area is 154 Å². The fourth-order valence-electron chi connectivity index (χ4n) is 2.87. The van der Waals surface area contributed by atoms with Crippen molar-refractivity contribution in [3.05, 3.63) is 51.2 Å². The van der Waals surface area contributed by atoms with E-state index in [1.165, 1.54) is 23.5 Å².